The number of aliphatic carboxylic acids is 1. The number of rotatable bonds is 7. The molecule has 1 heterocycles. The highest BCUT2D eigenvalue weighted by Crippen LogP contribution is 2.22. The molecule has 2 N–H and O–H groups in total. The van der Waals surface area contributed by atoms with Crippen molar-refractivity contribution in [3.05, 3.63) is 22.4 Å². The van der Waals surface area contributed by atoms with Gasteiger partial charge in [0.1, 0.15) is 0 Å². The lowest BCUT2D eigenvalue weighted by Crippen LogP contribution is -2.25. The number of carbonyl (C=O) groups is 1. The summed E-state index contributed by atoms with van der Waals surface area (Å²) in [6.07, 6.45) is 1.22. The highest BCUT2D eigenvalue weighted by Gasteiger charge is 2.15. The molecule has 1 rings (SSSR count). The van der Waals surface area contributed by atoms with Crippen LogP contribution < -0.4 is 5.32 Å². The maximum absolute atomic E-state index is 10.8. The minimum Gasteiger partial charge on any atom is -0.481 e. The third-order valence-corrected chi connectivity index (χ3v) is 3.36. The van der Waals surface area contributed by atoms with Gasteiger partial charge in [-0.2, -0.15) is 0 Å². The fourth-order valence-corrected chi connectivity index (χ4v) is 2.29. The van der Waals surface area contributed by atoms with Gasteiger partial charge in [-0.1, -0.05) is 19.9 Å². The summed E-state index contributed by atoms with van der Waals surface area (Å²) < 4.78 is 0. The lowest BCUT2D eigenvalue weighted by Gasteiger charge is -2.16. The van der Waals surface area contributed by atoms with E-state index >= 15 is 0 Å². The van der Waals surface area contributed by atoms with Gasteiger partial charge in [0.25, 0.3) is 0 Å². The summed E-state index contributed by atoms with van der Waals surface area (Å²) in [5.74, 6) is -0.114. The first-order chi connectivity index (χ1) is 7.59. The van der Waals surface area contributed by atoms with Crippen LogP contribution >= 0.6 is 11.3 Å². The standard InChI is InChI=1S/C12H19NO2S/c1-9(2)5-6-13-10(8-12(14)15)11-4-3-7-16-11/h3-4,7,9-10,13H,5-6,8H2,1-2H3,(H,14,15). The summed E-state index contributed by atoms with van der Waals surface area (Å²) in [5.41, 5.74) is 0. The zero-order valence-electron chi connectivity index (χ0n) is 9.77. The Bertz CT molecular complexity index is 309. The number of thiophene rings is 1. The van der Waals surface area contributed by atoms with Gasteiger partial charge in [0, 0.05) is 4.88 Å². The van der Waals surface area contributed by atoms with Crippen LogP contribution in [0.2, 0.25) is 0 Å². The first-order valence-electron chi connectivity index (χ1n) is 5.58. The summed E-state index contributed by atoms with van der Waals surface area (Å²) in [5, 5.41) is 14.2. The second-order valence-corrected chi connectivity index (χ2v) is 5.28. The maximum atomic E-state index is 10.8. The van der Waals surface area contributed by atoms with Gasteiger partial charge in [-0.05, 0) is 30.3 Å². The van der Waals surface area contributed by atoms with Crippen LogP contribution in [0.1, 0.15) is 37.6 Å². The third-order valence-electron chi connectivity index (χ3n) is 2.38. The van der Waals surface area contributed by atoms with Crippen molar-refractivity contribution in [2.75, 3.05) is 6.54 Å². The van der Waals surface area contributed by atoms with E-state index in [-0.39, 0.29) is 12.5 Å². The molecule has 1 atom stereocenters. The van der Waals surface area contributed by atoms with Crippen LogP contribution in [0, 0.1) is 5.92 Å². The van der Waals surface area contributed by atoms with Crippen molar-refractivity contribution < 1.29 is 9.90 Å². The Hall–Kier alpha value is -0.870. The monoisotopic (exact) mass is 241 g/mol. The number of hydrogen-bond acceptors (Lipinski definition) is 3. The van der Waals surface area contributed by atoms with E-state index in [1.54, 1.807) is 11.3 Å². The molecule has 4 heteroatoms. The lowest BCUT2D eigenvalue weighted by molar-refractivity contribution is -0.137. The summed E-state index contributed by atoms with van der Waals surface area (Å²) >= 11 is 1.61. The smallest absolute Gasteiger partial charge is 0.305 e. The Kier molecular flexibility index (Phi) is 5.49. The second-order valence-electron chi connectivity index (χ2n) is 4.30. The minimum absolute atomic E-state index is 0.0451. The van der Waals surface area contributed by atoms with Gasteiger partial charge in [-0.25, -0.2) is 0 Å². The van der Waals surface area contributed by atoms with Crippen molar-refractivity contribution in [3.63, 3.8) is 0 Å². The van der Waals surface area contributed by atoms with E-state index in [0.29, 0.717) is 5.92 Å². The Morgan fingerprint density at radius 1 is 1.56 bits per heavy atom. The zero-order chi connectivity index (χ0) is 12.0. The normalized spacial score (nSPS) is 12.9. The van der Waals surface area contributed by atoms with E-state index in [9.17, 15) is 4.79 Å². The van der Waals surface area contributed by atoms with Gasteiger partial charge in [0.2, 0.25) is 0 Å². The number of carboxylic acids is 1. The van der Waals surface area contributed by atoms with Crippen molar-refractivity contribution in [3.8, 4) is 0 Å². The van der Waals surface area contributed by atoms with Crippen molar-refractivity contribution in [1.82, 2.24) is 5.32 Å². The van der Waals surface area contributed by atoms with E-state index in [1.165, 1.54) is 0 Å². The molecular formula is C12H19NO2S. The van der Waals surface area contributed by atoms with E-state index in [2.05, 4.69) is 19.2 Å². The summed E-state index contributed by atoms with van der Waals surface area (Å²) in [6.45, 7) is 5.20. The van der Waals surface area contributed by atoms with Crippen LogP contribution in [-0.2, 0) is 4.79 Å². The van der Waals surface area contributed by atoms with Crippen molar-refractivity contribution >= 4 is 17.3 Å². The van der Waals surface area contributed by atoms with Crippen LogP contribution in [0.4, 0.5) is 0 Å². The predicted octanol–water partition coefficient (Wildman–Crippen LogP) is 2.90. The Morgan fingerprint density at radius 3 is 2.81 bits per heavy atom. The van der Waals surface area contributed by atoms with Gasteiger partial charge >= 0.3 is 5.97 Å². The largest absolute Gasteiger partial charge is 0.481 e. The SMILES string of the molecule is CC(C)CCNC(CC(=O)O)c1cccs1. The van der Waals surface area contributed by atoms with Crippen molar-refractivity contribution in [2.45, 2.75) is 32.7 Å². The quantitative estimate of drug-likeness (QED) is 0.771. The molecule has 90 valence electrons. The average molecular weight is 241 g/mol. The number of carboxylic acid groups (broad SMARTS) is 1. The molecule has 0 bridgehead atoms. The van der Waals surface area contributed by atoms with Gasteiger partial charge in [-0.3, -0.25) is 4.79 Å². The summed E-state index contributed by atoms with van der Waals surface area (Å²) in [7, 11) is 0. The van der Waals surface area contributed by atoms with Crippen LogP contribution in [0.3, 0.4) is 0 Å². The van der Waals surface area contributed by atoms with E-state index < -0.39 is 5.97 Å². The van der Waals surface area contributed by atoms with Crippen molar-refractivity contribution in [2.24, 2.45) is 5.92 Å². The highest BCUT2D eigenvalue weighted by molar-refractivity contribution is 7.10. The average Bonchev–Trinajstić information content (AvgIpc) is 2.67. The Balaban J connectivity index is 2.48. The molecule has 1 unspecified atom stereocenters. The molecule has 0 saturated carbocycles. The van der Waals surface area contributed by atoms with Gasteiger partial charge in [0.15, 0.2) is 0 Å². The minimum atomic E-state index is -0.754. The van der Waals surface area contributed by atoms with Crippen molar-refractivity contribution in [1.29, 1.82) is 0 Å². The molecule has 1 aromatic rings. The molecule has 0 fully saturated rings. The summed E-state index contributed by atoms with van der Waals surface area (Å²) in [4.78, 5) is 11.9. The van der Waals surface area contributed by atoms with E-state index in [0.717, 1.165) is 17.8 Å². The third kappa shape index (κ3) is 4.77. The molecule has 0 radical (unpaired) electrons. The first kappa shape index (κ1) is 13.2. The van der Waals surface area contributed by atoms with Crippen LogP contribution in [-0.4, -0.2) is 17.6 Å². The Morgan fingerprint density at radius 2 is 2.31 bits per heavy atom. The van der Waals surface area contributed by atoms with E-state index in [1.807, 2.05) is 17.5 Å². The maximum Gasteiger partial charge on any atom is 0.305 e. The Labute approximate surface area is 100 Å². The number of hydrogen-bond donors (Lipinski definition) is 2. The number of nitrogens with one attached hydrogen (secondary N) is 1. The highest BCUT2D eigenvalue weighted by atomic mass is 32.1. The van der Waals surface area contributed by atoms with Crippen LogP contribution in [0.15, 0.2) is 17.5 Å². The van der Waals surface area contributed by atoms with Crippen LogP contribution in [0.25, 0.3) is 0 Å². The van der Waals surface area contributed by atoms with Gasteiger partial charge in [-0.15, -0.1) is 11.3 Å². The zero-order valence-corrected chi connectivity index (χ0v) is 10.6. The molecule has 0 aliphatic carbocycles. The lowest BCUT2D eigenvalue weighted by atomic mass is 10.1. The van der Waals surface area contributed by atoms with Gasteiger partial charge < -0.3 is 10.4 Å². The van der Waals surface area contributed by atoms with Crippen LogP contribution in [0.5, 0.6) is 0 Å². The topological polar surface area (TPSA) is 49.3 Å². The molecule has 3 nitrogen and oxygen atoms in total. The fraction of sp³-hybridized carbons (Fsp3) is 0.583. The molecule has 1 aromatic heterocycles. The molecule has 0 amide bonds. The molecule has 0 aromatic carbocycles. The predicted molar refractivity (Wildman–Crippen MR) is 66.8 cm³/mol. The first-order valence-corrected chi connectivity index (χ1v) is 6.46. The molecule has 0 aliphatic heterocycles. The van der Waals surface area contributed by atoms with E-state index in [4.69, 9.17) is 5.11 Å². The van der Waals surface area contributed by atoms with Gasteiger partial charge in [0.05, 0.1) is 12.5 Å². The summed E-state index contributed by atoms with van der Waals surface area (Å²) in [6, 6.07) is 3.90. The second kappa shape index (κ2) is 6.66. The molecule has 0 spiro atoms. The molecule has 16 heavy (non-hydrogen) atoms. The molecule has 0 saturated heterocycles. The fourth-order valence-electron chi connectivity index (χ4n) is 1.48. The molecular weight excluding hydrogens is 222 g/mol. The molecule has 0 aliphatic rings.